The van der Waals surface area contributed by atoms with Crippen molar-refractivity contribution >= 4 is 17.8 Å². The summed E-state index contributed by atoms with van der Waals surface area (Å²) in [6, 6.07) is 8.16. The predicted octanol–water partition coefficient (Wildman–Crippen LogP) is 2.32. The van der Waals surface area contributed by atoms with Crippen LogP contribution in [0.5, 0.6) is 0 Å². The molecule has 4 nitrogen and oxygen atoms in total. The smallest absolute Gasteiger partial charge is 0.317 e. The Bertz CT molecular complexity index is 448. The molecule has 0 aliphatic carbocycles. The molecule has 0 unspecified atom stereocenters. The van der Waals surface area contributed by atoms with Gasteiger partial charge in [0.05, 0.1) is 6.10 Å². The van der Waals surface area contributed by atoms with E-state index in [1.54, 1.807) is 23.6 Å². The van der Waals surface area contributed by atoms with Gasteiger partial charge in [0.15, 0.2) is 0 Å². The lowest BCUT2D eigenvalue weighted by atomic mass is 10.0. The fourth-order valence-electron chi connectivity index (χ4n) is 2.40. The minimum Gasteiger partial charge on any atom is -0.393 e. The molecule has 1 saturated heterocycles. The number of carbonyl (C=O) groups excluding carboxylic acids is 1. The van der Waals surface area contributed by atoms with Crippen molar-refractivity contribution in [3.63, 3.8) is 0 Å². The van der Waals surface area contributed by atoms with Gasteiger partial charge in [-0.15, -0.1) is 11.8 Å². The predicted molar refractivity (Wildman–Crippen MR) is 81.8 cm³/mol. The minimum absolute atomic E-state index is 0.0397. The highest BCUT2D eigenvalue weighted by atomic mass is 32.2. The van der Waals surface area contributed by atoms with Crippen molar-refractivity contribution < 1.29 is 9.90 Å². The normalized spacial score (nSPS) is 19.9. The van der Waals surface area contributed by atoms with E-state index in [1.807, 2.05) is 18.4 Å². The van der Waals surface area contributed by atoms with Crippen LogP contribution in [-0.4, -0.2) is 41.5 Å². The van der Waals surface area contributed by atoms with E-state index in [9.17, 15) is 9.90 Å². The highest BCUT2D eigenvalue weighted by Gasteiger charge is 2.28. The van der Waals surface area contributed by atoms with Crippen molar-refractivity contribution in [3.8, 4) is 0 Å². The Hall–Kier alpha value is -1.20. The number of aliphatic hydroxyl groups excluding tert-OH is 1. The van der Waals surface area contributed by atoms with Crippen molar-refractivity contribution in [2.75, 3.05) is 19.3 Å². The standard InChI is InChI=1S/C15H22N2O2S/c1-11(18)13-7-8-17(10-13)15(19)16-9-12-3-5-14(20-2)6-4-12/h3-6,11,13,18H,7-10H2,1-2H3,(H,16,19)/t11-,13+/m1/s1. The average Bonchev–Trinajstić information content (AvgIpc) is 2.95. The van der Waals surface area contributed by atoms with Gasteiger partial charge in [-0.25, -0.2) is 4.79 Å². The van der Waals surface area contributed by atoms with Crippen LogP contribution in [-0.2, 0) is 6.54 Å². The summed E-state index contributed by atoms with van der Waals surface area (Å²) < 4.78 is 0. The summed E-state index contributed by atoms with van der Waals surface area (Å²) >= 11 is 1.71. The van der Waals surface area contributed by atoms with Gasteiger partial charge in [-0.1, -0.05) is 12.1 Å². The molecule has 0 aromatic heterocycles. The van der Waals surface area contributed by atoms with Crippen molar-refractivity contribution in [1.82, 2.24) is 10.2 Å². The van der Waals surface area contributed by atoms with E-state index in [4.69, 9.17) is 0 Å². The Morgan fingerprint density at radius 2 is 2.20 bits per heavy atom. The van der Waals surface area contributed by atoms with Gasteiger partial charge < -0.3 is 15.3 Å². The first-order valence-corrected chi connectivity index (χ1v) is 8.16. The third-order valence-corrected chi connectivity index (χ3v) is 4.54. The third-order valence-electron chi connectivity index (χ3n) is 3.80. The van der Waals surface area contributed by atoms with Gasteiger partial charge in [-0.3, -0.25) is 0 Å². The largest absolute Gasteiger partial charge is 0.393 e. The molecule has 0 bridgehead atoms. The molecular formula is C15H22N2O2S. The first kappa shape index (κ1) is 15.2. The van der Waals surface area contributed by atoms with Gasteiger partial charge in [0.25, 0.3) is 0 Å². The molecule has 2 rings (SSSR count). The number of nitrogens with zero attached hydrogens (tertiary/aromatic N) is 1. The number of benzene rings is 1. The molecule has 0 saturated carbocycles. The highest BCUT2D eigenvalue weighted by molar-refractivity contribution is 7.98. The second-order valence-corrected chi connectivity index (χ2v) is 6.12. The first-order chi connectivity index (χ1) is 9.60. The summed E-state index contributed by atoms with van der Waals surface area (Å²) in [5.74, 6) is 0.210. The fraction of sp³-hybridized carbons (Fsp3) is 0.533. The monoisotopic (exact) mass is 294 g/mol. The zero-order valence-electron chi connectivity index (χ0n) is 12.0. The maximum atomic E-state index is 12.0. The number of carbonyl (C=O) groups is 1. The van der Waals surface area contributed by atoms with Crippen LogP contribution in [0.15, 0.2) is 29.2 Å². The Balaban J connectivity index is 1.80. The van der Waals surface area contributed by atoms with E-state index >= 15 is 0 Å². The van der Waals surface area contributed by atoms with Crippen molar-refractivity contribution in [2.24, 2.45) is 5.92 Å². The van der Waals surface area contributed by atoms with Crippen LogP contribution in [0.2, 0.25) is 0 Å². The molecule has 0 radical (unpaired) electrons. The second kappa shape index (κ2) is 6.99. The number of nitrogens with one attached hydrogen (secondary N) is 1. The molecule has 1 aliphatic rings. The van der Waals surface area contributed by atoms with Gasteiger partial charge in [0.2, 0.25) is 0 Å². The second-order valence-electron chi connectivity index (χ2n) is 5.24. The molecule has 1 aromatic rings. The maximum absolute atomic E-state index is 12.0. The molecule has 20 heavy (non-hydrogen) atoms. The molecule has 1 heterocycles. The van der Waals surface area contributed by atoms with Crippen LogP contribution in [0.4, 0.5) is 4.79 Å². The van der Waals surface area contributed by atoms with E-state index in [0.717, 1.165) is 18.5 Å². The molecule has 110 valence electrons. The first-order valence-electron chi connectivity index (χ1n) is 6.94. The van der Waals surface area contributed by atoms with Crippen LogP contribution in [0.3, 0.4) is 0 Å². The molecule has 1 aliphatic heterocycles. The van der Waals surface area contributed by atoms with Gasteiger partial charge in [0.1, 0.15) is 0 Å². The fourth-order valence-corrected chi connectivity index (χ4v) is 2.81. The van der Waals surface area contributed by atoms with Crippen LogP contribution in [0.25, 0.3) is 0 Å². The quantitative estimate of drug-likeness (QED) is 0.838. The molecule has 2 atom stereocenters. The molecule has 0 spiro atoms. The molecule has 5 heteroatoms. The third kappa shape index (κ3) is 3.90. The Kier molecular flexibility index (Phi) is 5.31. The SMILES string of the molecule is CSc1ccc(CNC(=O)N2CC[C@H]([C@@H](C)O)C2)cc1. The Morgan fingerprint density at radius 1 is 1.50 bits per heavy atom. The van der Waals surface area contributed by atoms with E-state index in [2.05, 4.69) is 17.4 Å². The van der Waals surface area contributed by atoms with Gasteiger partial charge >= 0.3 is 6.03 Å². The summed E-state index contributed by atoms with van der Waals surface area (Å²) in [7, 11) is 0. The molecular weight excluding hydrogens is 272 g/mol. The summed E-state index contributed by atoms with van der Waals surface area (Å²) in [6.07, 6.45) is 2.59. The topological polar surface area (TPSA) is 52.6 Å². The number of aliphatic hydroxyl groups is 1. The van der Waals surface area contributed by atoms with Gasteiger partial charge in [-0.2, -0.15) is 0 Å². The summed E-state index contributed by atoms with van der Waals surface area (Å²) in [5.41, 5.74) is 1.10. The van der Waals surface area contributed by atoms with E-state index in [-0.39, 0.29) is 18.1 Å². The molecule has 1 aromatic carbocycles. The van der Waals surface area contributed by atoms with Gasteiger partial charge in [0, 0.05) is 30.4 Å². The summed E-state index contributed by atoms with van der Waals surface area (Å²) in [5, 5.41) is 12.5. The number of rotatable bonds is 4. The van der Waals surface area contributed by atoms with E-state index < -0.39 is 0 Å². The zero-order valence-corrected chi connectivity index (χ0v) is 12.8. The van der Waals surface area contributed by atoms with Crippen LogP contribution < -0.4 is 5.32 Å². The van der Waals surface area contributed by atoms with Gasteiger partial charge in [-0.05, 0) is 37.3 Å². The number of likely N-dealkylation sites (tertiary alicyclic amines) is 1. The Labute approximate surface area is 124 Å². The Morgan fingerprint density at radius 3 is 2.75 bits per heavy atom. The number of hydrogen-bond donors (Lipinski definition) is 2. The zero-order chi connectivity index (χ0) is 14.5. The number of amides is 2. The van der Waals surface area contributed by atoms with Crippen LogP contribution >= 0.6 is 11.8 Å². The summed E-state index contributed by atoms with van der Waals surface area (Å²) in [6.45, 7) is 3.71. The number of thioether (sulfide) groups is 1. The van der Waals surface area contributed by atoms with E-state index in [0.29, 0.717) is 13.1 Å². The number of hydrogen-bond acceptors (Lipinski definition) is 3. The molecule has 2 amide bonds. The summed E-state index contributed by atoms with van der Waals surface area (Å²) in [4.78, 5) is 15.0. The highest BCUT2D eigenvalue weighted by Crippen LogP contribution is 2.19. The van der Waals surface area contributed by atoms with Crippen LogP contribution in [0, 0.1) is 5.92 Å². The maximum Gasteiger partial charge on any atom is 0.317 e. The average molecular weight is 294 g/mol. The van der Waals surface area contributed by atoms with Crippen molar-refractivity contribution in [2.45, 2.75) is 30.9 Å². The number of urea groups is 1. The van der Waals surface area contributed by atoms with Crippen LogP contribution in [0.1, 0.15) is 18.9 Å². The van der Waals surface area contributed by atoms with Crippen molar-refractivity contribution in [3.05, 3.63) is 29.8 Å². The van der Waals surface area contributed by atoms with E-state index in [1.165, 1.54) is 4.90 Å². The minimum atomic E-state index is -0.341. The molecule has 2 N–H and O–H groups in total. The lowest BCUT2D eigenvalue weighted by Gasteiger charge is -2.18. The lowest BCUT2D eigenvalue weighted by Crippen LogP contribution is -2.38. The lowest BCUT2D eigenvalue weighted by molar-refractivity contribution is 0.129. The molecule has 1 fully saturated rings. The van der Waals surface area contributed by atoms with Crippen molar-refractivity contribution in [1.29, 1.82) is 0 Å².